The summed E-state index contributed by atoms with van der Waals surface area (Å²) >= 11 is 0. The second-order valence-electron chi connectivity index (χ2n) is 6.49. The van der Waals surface area contributed by atoms with Crippen LogP contribution < -0.4 is 0 Å². The van der Waals surface area contributed by atoms with Gasteiger partial charge in [0.25, 0.3) is 0 Å². The van der Waals surface area contributed by atoms with Crippen molar-refractivity contribution in [1.82, 2.24) is 9.80 Å². The summed E-state index contributed by atoms with van der Waals surface area (Å²) in [5, 5.41) is 0. The average Bonchev–Trinajstić information content (AvgIpc) is 2.66. The third-order valence-electron chi connectivity index (χ3n) is 5.02. The smallest absolute Gasteiger partial charge is 0.312 e. The topological polar surface area (TPSA) is 40.6 Å². The number of benzene rings is 2. The monoisotopic (exact) mass is 320 g/mol. The van der Waals surface area contributed by atoms with E-state index in [0.29, 0.717) is 26.2 Å². The van der Waals surface area contributed by atoms with Gasteiger partial charge in [0, 0.05) is 26.2 Å². The minimum Gasteiger partial charge on any atom is -0.330 e. The van der Waals surface area contributed by atoms with Gasteiger partial charge in [-0.1, -0.05) is 48.5 Å². The van der Waals surface area contributed by atoms with Crippen LogP contribution in [0.15, 0.2) is 48.5 Å². The van der Waals surface area contributed by atoms with Crippen molar-refractivity contribution in [2.45, 2.75) is 25.9 Å². The number of nitrogens with zero attached hydrogens (tertiary/aromatic N) is 2. The number of rotatable bonds is 0. The number of amides is 2. The molecule has 0 atom stereocenters. The Bertz CT molecular complexity index is 732. The zero-order valence-electron chi connectivity index (χ0n) is 13.6. The van der Waals surface area contributed by atoms with Crippen molar-refractivity contribution < 1.29 is 9.59 Å². The third-order valence-corrected chi connectivity index (χ3v) is 5.02. The van der Waals surface area contributed by atoms with Crippen LogP contribution >= 0.6 is 0 Å². The first-order valence-electron chi connectivity index (χ1n) is 8.44. The molecule has 2 amide bonds. The molecule has 0 unspecified atom stereocenters. The van der Waals surface area contributed by atoms with Crippen molar-refractivity contribution in [2.75, 3.05) is 13.1 Å². The second kappa shape index (κ2) is 6.11. The standard InChI is InChI=1S/C20H20N2O2/c23-19(21-11-9-15-5-1-3-7-17(15)13-21)20(24)22-12-10-16-6-2-4-8-18(16)14-22/h1-8H,9-14H2. The van der Waals surface area contributed by atoms with Gasteiger partial charge in [-0.15, -0.1) is 0 Å². The first-order chi connectivity index (χ1) is 11.7. The van der Waals surface area contributed by atoms with Crippen LogP contribution in [-0.2, 0) is 35.5 Å². The van der Waals surface area contributed by atoms with E-state index in [2.05, 4.69) is 12.1 Å². The lowest BCUT2D eigenvalue weighted by atomic mass is 9.99. The molecule has 122 valence electrons. The fraction of sp³-hybridized carbons (Fsp3) is 0.300. The van der Waals surface area contributed by atoms with Crippen molar-refractivity contribution in [3.8, 4) is 0 Å². The van der Waals surface area contributed by atoms with E-state index in [4.69, 9.17) is 0 Å². The molecule has 0 N–H and O–H groups in total. The molecule has 0 radical (unpaired) electrons. The molecule has 24 heavy (non-hydrogen) atoms. The molecule has 2 heterocycles. The molecule has 2 aliphatic heterocycles. The van der Waals surface area contributed by atoms with Gasteiger partial charge in [0.15, 0.2) is 0 Å². The maximum atomic E-state index is 12.7. The van der Waals surface area contributed by atoms with Crippen molar-refractivity contribution in [3.05, 3.63) is 70.8 Å². The van der Waals surface area contributed by atoms with Crippen LogP contribution in [0.1, 0.15) is 22.3 Å². The second-order valence-corrected chi connectivity index (χ2v) is 6.49. The van der Waals surface area contributed by atoms with Crippen LogP contribution in [0.25, 0.3) is 0 Å². The van der Waals surface area contributed by atoms with Gasteiger partial charge in [-0.3, -0.25) is 9.59 Å². The maximum Gasteiger partial charge on any atom is 0.312 e. The zero-order chi connectivity index (χ0) is 16.5. The minimum atomic E-state index is -0.371. The van der Waals surface area contributed by atoms with Crippen molar-refractivity contribution >= 4 is 11.8 Å². The molecule has 2 aliphatic rings. The van der Waals surface area contributed by atoms with E-state index in [1.807, 2.05) is 36.4 Å². The number of fused-ring (bicyclic) bond motifs is 2. The Morgan fingerprint density at radius 2 is 1.00 bits per heavy atom. The van der Waals surface area contributed by atoms with E-state index in [-0.39, 0.29) is 11.8 Å². The largest absolute Gasteiger partial charge is 0.330 e. The molecule has 0 spiro atoms. The van der Waals surface area contributed by atoms with Crippen LogP contribution in [0.4, 0.5) is 0 Å². The Balaban J connectivity index is 1.47. The number of carbonyl (C=O) groups excluding carboxylic acids is 2. The summed E-state index contributed by atoms with van der Waals surface area (Å²) in [5.74, 6) is -0.743. The van der Waals surface area contributed by atoms with E-state index in [1.54, 1.807) is 9.80 Å². The lowest BCUT2D eigenvalue weighted by Gasteiger charge is -2.32. The molecule has 0 bridgehead atoms. The van der Waals surface area contributed by atoms with Crippen LogP contribution in [0.5, 0.6) is 0 Å². The van der Waals surface area contributed by atoms with Gasteiger partial charge in [-0.25, -0.2) is 0 Å². The van der Waals surface area contributed by atoms with Gasteiger partial charge < -0.3 is 9.80 Å². The predicted octanol–water partition coefficient (Wildman–Crippen LogP) is 2.16. The van der Waals surface area contributed by atoms with Gasteiger partial charge in [-0.05, 0) is 35.1 Å². The highest BCUT2D eigenvalue weighted by molar-refractivity contribution is 6.34. The van der Waals surface area contributed by atoms with Crippen LogP contribution in [-0.4, -0.2) is 34.7 Å². The molecule has 0 saturated heterocycles. The van der Waals surface area contributed by atoms with E-state index < -0.39 is 0 Å². The summed E-state index contributed by atoms with van der Waals surface area (Å²) in [4.78, 5) is 28.7. The molecule has 0 fully saturated rings. The first kappa shape index (κ1) is 14.9. The highest BCUT2D eigenvalue weighted by atomic mass is 16.2. The lowest BCUT2D eigenvalue weighted by molar-refractivity contribution is -0.153. The summed E-state index contributed by atoms with van der Waals surface area (Å²) < 4.78 is 0. The van der Waals surface area contributed by atoms with Crippen LogP contribution in [0.3, 0.4) is 0 Å². The minimum absolute atomic E-state index is 0.371. The predicted molar refractivity (Wildman–Crippen MR) is 91.1 cm³/mol. The van der Waals surface area contributed by atoms with Crippen LogP contribution in [0.2, 0.25) is 0 Å². The number of hydrogen-bond donors (Lipinski definition) is 0. The first-order valence-corrected chi connectivity index (χ1v) is 8.44. The molecule has 2 aromatic rings. The van der Waals surface area contributed by atoms with Gasteiger partial charge in [0.1, 0.15) is 0 Å². The normalized spacial score (nSPS) is 16.3. The third kappa shape index (κ3) is 2.68. The van der Waals surface area contributed by atoms with E-state index in [0.717, 1.165) is 24.0 Å². The molecule has 0 aromatic heterocycles. The van der Waals surface area contributed by atoms with Gasteiger partial charge in [-0.2, -0.15) is 0 Å². The fourth-order valence-corrected chi connectivity index (χ4v) is 3.61. The van der Waals surface area contributed by atoms with E-state index >= 15 is 0 Å². The van der Waals surface area contributed by atoms with Gasteiger partial charge in [0.2, 0.25) is 0 Å². The Hall–Kier alpha value is -2.62. The van der Waals surface area contributed by atoms with Gasteiger partial charge in [0.05, 0.1) is 0 Å². The molecular weight excluding hydrogens is 300 g/mol. The Kier molecular flexibility index (Phi) is 3.81. The molecule has 0 aliphatic carbocycles. The Labute approximate surface area is 141 Å². The summed E-state index contributed by atoms with van der Waals surface area (Å²) in [7, 11) is 0. The highest BCUT2D eigenvalue weighted by Gasteiger charge is 2.31. The summed E-state index contributed by atoms with van der Waals surface area (Å²) in [6.07, 6.45) is 1.63. The Morgan fingerprint density at radius 3 is 1.42 bits per heavy atom. The van der Waals surface area contributed by atoms with Crippen molar-refractivity contribution in [2.24, 2.45) is 0 Å². The molecule has 4 rings (SSSR count). The maximum absolute atomic E-state index is 12.7. The average molecular weight is 320 g/mol. The van der Waals surface area contributed by atoms with Crippen molar-refractivity contribution in [3.63, 3.8) is 0 Å². The molecular formula is C20H20N2O2. The summed E-state index contributed by atoms with van der Waals surface area (Å²) in [6, 6.07) is 16.3. The molecule has 0 saturated carbocycles. The molecule has 4 nitrogen and oxygen atoms in total. The van der Waals surface area contributed by atoms with Gasteiger partial charge >= 0.3 is 11.8 Å². The lowest BCUT2D eigenvalue weighted by Crippen LogP contribution is -2.48. The van der Waals surface area contributed by atoms with E-state index in [9.17, 15) is 9.59 Å². The molecule has 4 heteroatoms. The number of hydrogen-bond acceptors (Lipinski definition) is 2. The van der Waals surface area contributed by atoms with Crippen LogP contribution in [0, 0.1) is 0 Å². The van der Waals surface area contributed by atoms with Crippen molar-refractivity contribution in [1.29, 1.82) is 0 Å². The summed E-state index contributed by atoms with van der Waals surface area (Å²) in [6.45, 7) is 2.30. The summed E-state index contributed by atoms with van der Waals surface area (Å²) in [5.41, 5.74) is 4.85. The zero-order valence-corrected chi connectivity index (χ0v) is 13.6. The quantitative estimate of drug-likeness (QED) is 0.698. The Morgan fingerprint density at radius 1 is 0.625 bits per heavy atom. The SMILES string of the molecule is O=C(C(=O)N1CCc2ccccc2C1)N1CCc2ccccc2C1. The highest BCUT2D eigenvalue weighted by Crippen LogP contribution is 2.21. The fourth-order valence-electron chi connectivity index (χ4n) is 3.61. The molecule has 2 aromatic carbocycles. The number of carbonyl (C=O) groups is 2. The van der Waals surface area contributed by atoms with E-state index in [1.165, 1.54) is 11.1 Å².